The van der Waals surface area contributed by atoms with Crippen LogP contribution in [0.3, 0.4) is 0 Å². The van der Waals surface area contributed by atoms with Gasteiger partial charge in [-0.25, -0.2) is 0 Å². The molecule has 6 nitrogen and oxygen atoms in total. The number of amides is 2. The minimum atomic E-state index is 0.0314. The maximum atomic E-state index is 12.3. The van der Waals surface area contributed by atoms with Gasteiger partial charge in [0.2, 0.25) is 11.8 Å². The van der Waals surface area contributed by atoms with E-state index in [1.807, 2.05) is 18.7 Å². The van der Waals surface area contributed by atoms with E-state index in [2.05, 4.69) is 10.2 Å². The van der Waals surface area contributed by atoms with Crippen molar-refractivity contribution in [1.29, 1.82) is 0 Å². The highest BCUT2D eigenvalue weighted by Crippen LogP contribution is 2.12. The summed E-state index contributed by atoms with van der Waals surface area (Å²) in [6, 6.07) is 6.86. The van der Waals surface area contributed by atoms with Crippen LogP contribution in [0.4, 0.5) is 0 Å². The molecule has 1 fully saturated rings. The minimum absolute atomic E-state index is 0.0314. The Bertz CT molecular complexity index is 535. The quantitative estimate of drug-likeness (QED) is 0.834. The van der Waals surface area contributed by atoms with Gasteiger partial charge in [-0.2, -0.15) is 0 Å². The molecule has 2 N–H and O–H groups in total. The summed E-state index contributed by atoms with van der Waals surface area (Å²) in [4.78, 5) is 28.0. The number of aromatic hydroxyl groups is 1. The molecular weight excluding hydrogens is 294 g/mol. The molecular formula is C17H25N3O3. The molecule has 1 aliphatic rings. The number of hydrogen-bond acceptors (Lipinski definition) is 4. The lowest BCUT2D eigenvalue weighted by molar-refractivity contribution is -0.132. The summed E-state index contributed by atoms with van der Waals surface area (Å²) in [7, 11) is 0. The number of phenols is 1. The monoisotopic (exact) mass is 319 g/mol. The highest BCUT2D eigenvalue weighted by atomic mass is 16.3. The van der Waals surface area contributed by atoms with Gasteiger partial charge >= 0.3 is 0 Å². The molecule has 2 rings (SSSR count). The second-order valence-electron chi connectivity index (χ2n) is 6.22. The van der Waals surface area contributed by atoms with Gasteiger partial charge in [0.1, 0.15) is 5.75 Å². The molecule has 1 aromatic rings. The van der Waals surface area contributed by atoms with Crippen LogP contribution in [-0.4, -0.2) is 65.5 Å². The summed E-state index contributed by atoms with van der Waals surface area (Å²) in [5.41, 5.74) is 0.895. The normalized spacial score (nSPS) is 15.7. The van der Waals surface area contributed by atoms with E-state index in [1.165, 1.54) is 0 Å². The van der Waals surface area contributed by atoms with E-state index in [1.54, 1.807) is 24.3 Å². The Hall–Kier alpha value is -2.08. The van der Waals surface area contributed by atoms with Gasteiger partial charge in [0.15, 0.2) is 0 Å². The van der Waals surface area contributed by atoms with Gasteiger partial charge in [-0.1, -0.05) is 12.1 Å². The van der Waals surface area contributed by atoms with Crippen LogP contribution in [0, 0.1) is 0 Å². The number of nitrogens with zero attached hydrogens (tertiary/aromatic N) is 2. The van der Waals surface area contributed by atoms with Gasteiger partial charge in [-0.3, -0.25) is 14.5 Å². The molecule has 0 atom stereocenters. The average Bonchev–Trinajstić information content (AvgIpc) is 2.49. The number of nitrogens with one attached hydrogen (secondary N) is 1. The fourth-order valence-corrected chi connectivity index (χ4v) is 2.63. The van der Waals surface area contributed by atoms with Crippen molar-refractivity contribution < 1.29 is 14.7 Å². The molecule has 0 aromatic heterocycles. The van der Waals surface area contributed by atoms with Gasteiger partial charge in [0, 0.05) is 32.2 Å². The van der Waals surface area contributed by atoms with Crippen LogP contribution >= 0.6 is 0 Å². The standard InChI is InChI=1S/C17H25N3O3/c1-13(2)18-16(22)12-19-7-9-20(10-8-19)17(23)11-14-3-5-15(21)6-4-14/h3-6,13,21H,7-12H2,1-2H3,(H,18,22). The first-order chi connectivity index (χ1) is 10.9. The summed E-state index contributed by atoms with van der Waals surface area (Å²) in [6.45, 7) is 6.99. The Labute approximate surface area is 137 Å². The molecule has 0 bridgehead atoms. The minimum Gasteiger partial charge on any atom is -0.508 e. The third-order valence-electron chi connectivity index (χ3n) is 3.83. The molecule has 126 valence electrons. The van der Waals surface area contributed by atoms with Crippen molar-refractivity contribution in [3.05, 3.63) is 29.8 Å². The smallest absolute Gasteiger partial charge is 0.234 e. The number of carbonyl (C=O) groups is 2. The summed E-state index contributed by atoms with van der Waals surface area (Å²) < 4.78 is 0. The molecule has 2 amide bonds. The van der Waals surface area contributed by atoms with E-state index in [4.69, 9.17) is 0 Å². The first kappa shape index (κ1) is 17.3. The first-order valence-corrected chi connectivity index (χ1v) is 8.01. The van der Waals surface area contributed by atoms with E-state index in [0.29, 0.717) is 39.1 Å². The Morgan fingerprint density at radius 3 is 2.30 bits per heavy atom. The predicted octanol–water partition coefficient (Wildman–Crippen LogP) is 0.604. The van der Waals surface area contributed by atoms with Crippen molar-refractivity contribution in [2.24, 2.45) is 0 Å². The van der Waals surface area contributed by atoms with Gasteiger partial charge in [-0.15, -0.1) is 0 Å². The molecule has 1 aromatic carbocycles. The van der Waals surface area contributed by atoms with Crippen LogP contribution in [0.25, 0.3) is 0 Å². The Balaban J connectivity index is 1.76. The number of rotatable bonds is 5. The fraction of sp³-hybridized carbons (Fsp3) is 0.529. The molecule has 0 saturated carbocycles. The zero-order valence-corrected chi connectivity index (χ0v) is 13.8. The molecule has 0 spiro atoms. The van der Waals surface area contributed by atoms with Gasteiger partial charge in [0.05, 0.1) is 13.0 Å². The third-order valence-corrected chi connectivity index (χ3v) is 3.83. The van der Waals surface area contributed by atoms with Crippen molar-refractivity contribution in [3.8, 4) is 5.75 Å². The van der Waals surface area contributed by atoms with Gasteiger partial charge in [0.25, 0.3) is 0 Å². The predicted molar refractivity (Wildman–Crippen MR) is 88.1 cm³/mol. The lowest BCUT2D eigenvalue weighted by Gasteiger charge is -2.34. The van der Waals surface area contributed by atoms with Crippen LogP contribution < -0.4 is 5.32 Å². The summed E-state index contributed by atoms with van der Waals surface area (Å²) in [6.07, 6.45) is 0.341. The fourth-order valence-electron chi connectivity index (χ4n) is 2.63. The van der Waals surface area contributed by atoms with Gasteiger partial charge < -0.3 is 15.3 Å². The lowest BCUT2D eigenvalue weighted by atomic mass is 10.1. The average molecular weight is 319 g/mol. The number of hydrogen-bond donors (Lipinski definition) is 2. The van der Waals surface area contributed by atoms with Crippen molar-refractivity contribution in [1.82, 2.24) is 15.1 Å². The van der Waals surface area contributed by atoms with Crippen LogP contribution in [0.2, 0.25) is 0 Å². The number of benzene rings is 1. The molecule has 6 heteroatoms. The largest absolute Gasteiger partial charge is 0.508 e. The maximum Gasteiger partial charge on any atom is 0.234 e. The molecule has 1 aliphatic heterocycles. The van der Waals surface area contributed by atoms with Crippen molar-refractivity contribution in [2.45, 2.75) is 26.3 Å². The maximum absolute atomic E-state index is 12.3. The van der Waals surface area contributed by atoms with Crippen LogP contribution in [0.1, 0.15) is 19.4 Å². The summed E-state index contributed by atoms with van der Waals surface area (Å²) in [5.74, 6) is 0.320. The van der Waals surface area contributed by atoms with E-state index in [-0.39, 0.29) is 23.6 Å². The second-order valence-corrected chi connectivity index (χ2v) is 6.22. The number of carbonyl (C=O) groups excluding carboxylic acids is 2. The molecule has 1 heterocycles. The molecule has 1 saturated heterocycles. The zero-order valence-electron chi connectivity index (χ0n) is 13.8. The van der Waals surface area contributed by atoms with Crippen molar-refractivity contribution >= 4 is 11.8 Å². The molecule has 0 radical (unpaired) electrons. The van der Waals surface area contributed by atoms with E-state index in [0.717, 1.165) is 5.56 Å². The van der Waals surface area contributed by atoms with Crippen LogP contribution in [-0.2, 0) is 16.0 Å². The third kappa shape index (κ3) is 5.56. The topological polar surface area (TPSA) is 72.9 Å². The summed E-state index contributed by atoms with van der Waals surface area (Å²) in [5, 5.41) is 12.1. The summed E-state index contributed by atoms with van der Waals surface area (Å²) >= 11 is 0. The van der Waals surface area contributed by atoms with E-state index >= 15 is 0 Å². The Morgan fingerprint density at radius 2 is 1.74 bits per heavy atom. The zero-order chi connectivity index (χ0) is 16.8. The first-order valence-electron chi connectivity index (χ1n) is 8.01. The number of phenolic OH excluding ortho intramolecular Hbond substituents is 1. The van der Waals surface area contributed by atoms with E-state index < -0.39 is 0 Å². The lowest BCUT2D eigenvalue weighted by Crippen LogP contribution is -2.51. The number of piperazine rings is 1. The van der Waals surface area contributed by atoms with Crippen molar-refractivity contribution in [3.63, 3.8) is 0 Å². The van der Waals surface area contributed by atoms with Crippen molar-refractivity contribution in [2.75, 3.05) is 32.7 Å². The van der Waals surface area contributed by atoms with E-state index in [9.17, 15) is 14.7 Å². The van der Waals surface area contributed by atoms with Gasteiger partial charge in [-0.05, 0) is 31.5 Å². The van der Waals surface area contributed by atoms with Crippen LogP contribution in [0.5, 0.6) is 5.75 Å². The highest BCUT2D eigenvalue weighted by molar-refractivity contribution is 5.79. The molecule has 0 unspecified atom stereocenters. The van der Waals surface area contributed by atoms with Crippen LogP contribution in [0.15, 0.2) is 24.3 Å². The Morgan fingerprint density at radius 1 is 1.13 bits per heavy atom. The SMILES string of the molecule is CC(C)NC(=O)CN1CCN(C(=O)Cc2ccc(O)cc2)CC1. The highest BCUT2D eigenvalue weighted by Gasteiger charge is 2.22. The second kappa shape index (κ2) is 7.97. The Kier molecular flexibility index (Phi) is 5.98. The molecule has 23 heavy (non-hydrogen) atoms. The molecule has 0 aliphatic carbocycles.